The zero-order chi connectivity index (χ0) is 13.5. The Morgan fingerprint density at radius 1 is 1.05 bits per heavy atom. The van der Waals surface area contributed by atoms with Gasteiger partial charge in [0.05, 0.1) is 0 Å². The first kappa shape index (κ1) is 13.0. The van der Waals surface area contributed by atoms with Gasteiger partial charge in [0, 0.05) is 12.1 Å². The summed E-state index contributed by atoms with van der Waals surface area (Å²) in [5, 5.41) is 11.0. The topological polar surface area (TPSA) is 58.6 Å². The summed E-state index contributed by atoms with van der Waals surface area (Å²) in [4.78, 5) is 10.5. The second-order valence-corrected chi connectivity index (χ2v) is 4.04. The van der Waals surface area contributed by atoms with E-state index in [-0.39, 0.29) is 6.54 Å². The van der Waals surface area contributed by atoms with Crippen molar-refractivity contribution >= 4 is 6.09 Å². The minimum atomic E-state index is -1.04. The van der Waals surface area contributed by atoms with Crippen molar-refractivity contribution in [1.29, 1.82) is 0 Å². The Morgan fingerprint density at radius 3 is 2.47 bits per heavy atom. The summed E-state index contributed by atoms with van der Waals surface area (Å²) in [5.74, 6) is 0.695. The first-order chi connectivity index (χ1) is 9.25. The van der Waals surface area contributed by atoms with E-state index < -0.39 is 6.09 Å². The summed E-state index contributed by atoms with van der Waals surface area (Å²) < 4.78 is 5.72. The van der Waals surface area contributed by atoms with Crippen LogP contribution in [0.5, 0.6) is 5.75 Å². The number of hydrogen-bond donors (Lipinski definition) is 2. The average Bonchev–Trinajstić information content (AvgIpc) is 2.45. The third-order valence-electron chi connectivity index (χ3n) is 2.64. The molecule has 2 aromatic carbocycles. The van der Waals surface area contributed by atoms with E-state index in [4.69, 9.17) is 9.84 Å². The maximum absolute atomic E-state index is 10.5. The first-order valence-electron chi connectivity index (χ1n) is 5.97. The summed E-state index contributed by atoms with van der Waals surface area (Å²) in [5.41, 5.74) is 1.89. The molecule has 0 aliphatic rings. The van der Waals surface area contributed by atoms with Crippen LogP contribution in [0.15, 0.2) is 54.6 Å². The number of amides is 1. The van der Waals surface area contributed by atoms with Gasteiger partial charge in [0.2, 0.25) is 0 Å². The highest BCUT2D eigenvalue weighted by molar-refractivity contribution is 5.64. The van der Waals surface area contributed by atoms with Crippen molar-refractivity contribution in [3.8, 4) is 5.75 Å². The zero-order valence-corrected chi connectivity index (χ0v) is 10.4. The number of benzene rings is 2. The molecule has 0 bridgehead atoms. The molecule has 0 spiro atoms. The number of para-hydroxylation sites is 1. The molecule has 4 heteroatoms. The van der Waals surface area contributed by atoms with Crippen LogP contribution in [0.2, 0.25) is 0 Å². The number of nitrogens with one attached hydrogen (secondary N) is 1. The maximum atomic E-state index is 10.5. The van der Waals surface area contributed by atoms with Gasteiger partial charge in [-0.2, -0.15) is 0 Å². The molecule has 2 rings (SSSR count). The molecule has 1 amide bonds. The number of hydrogen-bond acceptors (Lipinski definition) is 2. The summed E-state index contributed by atoms with van der Waals surface area (Å²) in [6, 6.07) is 17.2. The summed E-state index contributed by atoms with van der Waals surface area (Å²) in [6.07, 6.45) is -1.04. The molecule has 2 N–H and O–H groups in total. The van der Waals surface area contributed by atoms with E-state index in [1.807, 2.05) is 54.6 Å². The Morgan fingerprint density at radius 2 is 1.74 bits per heavy atom. The molecule has 98 valence electrons. The van der Waals surface area contributed by atoms with Gasteiger partial charge in [-0.1, -0.05) is 48.5 Å². The molecular weight excluding hydrogens is 242 g/mol. The van der Waals surface area contributed by atoms with Crippen molar-refractivity contribution in [2.45, 2.75) is 13.2 Å². The Balaban J connectivity index is 2.01. The number of ether oxygens (including phenoxy) is 1. The zero-order valence-electron chi connectivity index (χ0n) is 10.4. The van der Waals surface area contributed by atoms with Crippen LogP contribution >= 0.6 is 0 Å². The Labute approximate surface area is 111 Å². The molecule has 0 heterocycles. The van der Waals surface area contributed by atoms with Crippen LogP contribution in [0.1, 0.15) is 11.1 Å². The predicted molar refractivity (Wildman–Crippen MR) is 72.1 cm³/mol. The van der Waals surface area contributed by atoms with Crippen molar-refractivity contribution in [3.63, 3.8) is 0 Å². The highest BCUT2D eigenvalue weighted by Crippen LogP contribution is 2.19. The number of rotatable bonds is 5. The second-order valence-electron chi connectivity index (χ2n) is 4.04. The lowest BCUT2D eigenvalue weighted by Gasteiger charge is -2.11. The lowest BCUT2D eigenvalue weighted by Crippen LogP contribution is -2.20. The van der Waals surface area contributed by atoms with Gasteiger partial charge in [0.1, 0.15) is 12.4 Å². The molecule has 0 saturated carbocycles. The Bertz CT molecular complexity index is 540. The molecule has 0 aliphatic carbocycles. The van der Waals surface area contributed by atoms with E-state index in [0.29, 0.717) is 12.4 Å². The molecule has 4 nitrogen and oxygen atoms in total. The Hall–Kier alpha value is -2.49. The number of carboxylic acid groups (broad SMARTS) is 1. The lowest BCUT2D eigenvalue weighted by molar-refractivity contribution is 0.193. The Kier molecular flexibility index (Phi) is 4.39. The van der Waals surface area contributed by atoms with Crippen molar-refractivity contribution in [2.75, 3.05) is 0 Å². The van der Waals surface area contributed by atoms with Crippen LogP contribution in [-0.4, -0.2) is 11.2 Å². The van der Waals surface area contributed by atoms with Crippen LogP contribution in [-0.2, 0) is 13.2 Å². The van der Waals surface area contributed by atoms with E-state index in [9.17, 15) is 4.79 Å². The van der Waals surface area contributed by atoms with Crippen molar-refractivity contribution in [1.82, 2.24) is 5.32 Å². The molecule has 2 aromatic rings. The molecule has 0 aliphatic heterocycles. The van der Waals surface area contributed by atoms with Crippen molar-refractivity contribution < 1.29 is 14.6 Å². The third-order valence-corrected chi connectivity index (χ3v) is 2.64. The van der Waals surface area contributed by atoms with Crippen LogP contribution < -0.4 is 10.1 Å². The molecule has 19 heavy (non-hydrogen) atoms. The SMILES string of the molecule is O=C(O)NCc1ccccc1OCc1ccccc1. The fourth-order valence-corrected chi connectivity index (χ4v) is 1.70. The van der Waals surface area contributed by atoms with Crippen molar-refractivity contribution in [2.24, 2.45) is 0 Å². The van der Waals surface area contributed by atoms with Crippen molar-refractivity contribution in [3.05, 3.63) is 65.7 Å². The molecule has 0 saturated heterocycles. The smallest absolute Gasteiger partial charge is 0.404 e. The van der Waals surface area contributed by atoms with E-state index >= 15 is 0 Å². The van der Waals surface area contributed by atoms with Crippen LogP contribution in [0.3, 0.4) is 0 Å². The van der Waals surface area contributed by atoms with Gasteiger partial charge in [0.15, 0.2) is 0 Å². The predicted octanol–water partition coefficient (Wildman–Crippen LogP) is 3.03. The molecule has 0 radical (unpaired) electrons. The molecule has 0 atom stereocenters. The highest BCUT2D eigenvalue weighted by atomic mass is 16.5. The van der Waals surface area contributed by atoms with E-state index in [2.05, 4.69) is 5.32 Å². The van der Waals surface area contributed by atoms with E-state index in [1.165, 1.54) is 0 Å². The average molecular weight is 257 g/mol. The van der Waals surface area contributed by atoms with Gasteiger partial charge >= 0.3 is 6.09 Å². The largest absolute Gasteiger partial charge is 0.489 e. The minimum Gasteiger partial charge on any atom is -0.489 e. The molecule has 0 fully saturated rings. The quantitative estimate of drug-likeness (QED) is 0.865. The number of carbonyl (C=O) groups is 1. The van der Waals surface area contributed by atoms with Gasteiger partial charge < -0.3 is 15.2 Å². The summed E-state index contributed by atoms with van der Waals surface area (Å²) >= 11 is 0. The highest BCUT2D eigenvalue weighted by Gasteiger charge is 2.04. The molecular formula is C15H15NO3. The van der Waals surface area contributed by atoms with Gasteiger partial charge in [-0.25, -0.2) is 4.79 Å². The standard InChI is InChI=1S/C15H15NO3/c17-15(18)16-10-13-8-4-5-9-14(13)19-11-12-6-2-1-3-7-12/h1-9,16H,10-11H2,(H,17,18). The van der Waals surface area contributed by atoms with Gasteiger partial charge in [0.25, 0.3) is 0 Å². The maximum Gasteiger partial charge on any atom is 0.404 e. The first-order valence-corrected chi connectivity index (χ1v) is 5.97. The summed E-state index contributed by atoms with van der Waals surface area (Å²) in [7, 11) is 0. The monoisotopic (exact) mass is 257 g/mol. The lowest BCUT2D eigenvalue weighted by atomic mass is 10.2. The van der Waals surface area contributed by atoms with Crippen LogP contribution in [0, 0.1) is 0 Å². The van der Waals surface area contributed by atoms with Crippen LogP contribution in [0.25, 0.3) is 0 Å². The fraction of sp³-hybridized carbons (Fsp3) is 0.133. The summed E-state index contributed by atoms with van der Waals surface area (Å²) in [6.45, 7) is 0.700. The minimum absolute atomic E-state index is 0.236. The fourth-order valence-electron chi connectivity index (χ4n) is 1.70. The van der Waals surface area contributed by atoms with E-state index in [0.717, 1.165) is 11.1 Å². The second kappa shape index (κ2) is 6.44. The van der Waals surface area contributed by atoms with E-state index in [1.54, 1.807) is 0 Å². The van der Waals surface area contributed by atoms with Gasteiger partial charge in [-0.3, -0.25) is 0 Å². The van der Waals surface area contributed by atoms with Gasteiger partial charge in [-0.15, -0.1) is 0 Å². The normalized spacial score (nSPS) is 9.89. The third kappa shape index (κ3) is 4.03. The molecule has 0 unspecified atom stereocenters. The van der Waals surface area contributed by atoms with Gasteiger partial charge in [-0.05, 0) is 11.6 Å². The molecule has 0 aromatic heterocycles. The van der Waals surface area contributed by atoms with Crippen LogP contribution in [0.4, 0.5) is 4.79 Å².